The Morgan fingerprint density at radius 1 is 1.13 bits per heavy atom. The van der Waals surface area contributed by atoms with Crippen LogP contribution < -0.4 is 4.90 Å². The molecule has 6 heteroatoms. The Morgan fingerprint density at radius 3 is 2.70 bits per heavy atom. The number of nitrogens with zero attached hydrogens (tertiary/aromatic N) is 4. The Bertz CT molecular complexity index is 605. The Hall–Kier alpha value is -1.85. The van der Waals surface area contributed by atoms with Crippen molar-refractivity contribution in [3.8, 4) is 0 Å². The predicted molar refractivity (Wildman–Crippen MR) is 86.0 cm³/mol. The molecule has 0 aromatic carbocycles. The van der Waals surface area contributed by atoms with E-state index in [1.807, 2.05) is 20.7 Å². The fourth-order valence-electron chi connectivity index (χ4n) is 4.18. The molecule has 1 aliphatic carbocycles. The lowest BCUT2D eigenvalue weighted by Crippen LogP contribution is -2.33. The third kappa shape index (κ3) is 2.75. The molecule has 2 amide bonds. The first kappa shape index (κ1) is 14.7. The normalized spacial score (nSPS) is 25.7. The second-order valence-corrected chi connectivity index (χ2v) is 7.04. The van der Waals surface area contributed by atoms with Crippen LogP contribution in [0.5, 0.6) is 0 Å². The van der Waals surface area contributed by atoms with Crippen LogP contribution in [-0.4, -0.2) is 46.1 Å². The highest BCUT2D eigenvalue weighted by Gasteiger charge is 2.33. The summed E-state index contributed by atoms with van der Waals surface area (Å²) in [6, 6.07) is 0.242. The van der Waals surface area contributed by atoms with E-state index in [0.717, 1.165) is 51.0 Å². The van der Waals surface area contributed by atoms with Crippen molar-refractivity contribution in [2.45, 2.75) is 51.0 Å². The van der Waals surface area contributed by atoms with Crippen molar-refractivity contribution in [1.82, 2.24) is 14.7 Å². The number of anilines is 1. The second-order valence-electron chi connectivity index (χ2n) is 7.04. The number of aromatic nitrogens is 2. The average Bonchev–Trinajstić information content (AvgIpc) is 3.32. The van der Waals surface area contributed by atoms with E-state index >= 15 is 0 Å². The summed E-state index contributed by atoms with van der Waals surface area (Å²) in [5.74, 6) is 0.783. The summed E-state index contributed by atoms with van der Waals surface area (Å²) in [6.45, 7) is 2.38. The monoisotopic (exact) mass is 316 g/mol. The van der Waals surface area contributed by atoms with E-state index in [0.29, 0.717) is 12.3 Å². The minimum Gasteiger partial charge on any atom is -0.340 e. The number of carbonyl (C=O) groups excluding carboxylic acids is 2. The molecule has 23 heavy (non-hydrogen) atoms. The van der Waals surface area contributed by atoms with Gasteiger partial charge in [0.1, 0.15) is 0 Å². The number of carbonyl (C=O) groups is 2. The Kier molecular flexibility index (Phi) is 3.83. The first-order valence-electron chi connectivity index (χ1n) is 8.85. The van der Waals surface area contributed by atoms with Gasteiger partial charge in [-0.05, 0) is 25.7 Å². The van der Waals surface area contributed by atoms with E-state index in [-0.39, 0.29) is 17.9 Å². The zero-order valence-corrected chi connectivity index (χ0v) is 13.5. The van der Waals surface area contributed by atoms with E-state index in [1.165, 1.54) is 12.8 Å². The molecule has 3 fully saturated rings. The van der Waals surface area contributed by atoms with Gasteiger partial charge in [0.15, 0.2) is 0 Å². The molecule has 3 aliphatic rings. The van der Waals surface area contributed by atoms with Gasteiger partial charge in [-0.3, -0.25) is 14.3 Å². The molecule has 1 atom stereocenters. The van der Waals surface area contributed by atoms with Gasteiger partial charge < -0.3 is 9.80 Å². The van der Waals surface area contributed by atoms with Gasteiger partial charge in [-0.25, -0.2) is 0 Å². The summed E-state index contributed by atoms with van der Waals surface area (Å²) in [5, 5.41) is 4.45. The van der Waals surface area contributed by atoms with E-state index in [4.69, 9.17) is 0 Å². The highest BCUT2D eigenvalue weighted by molar-refractivity contribution is 5.95. The first-order chi connectivity index (χ1) is 11.2. The lowest BCUT2D eigenvalue weighted by molar-refractivity contribution is -0.134. The standard InChI is InChI=1S/C17H24N4O2/c22-16-6-3-8-20(16)15-10-18-21(12-15)14-7-9-19(11-14)17(23)13-4-1-2-5-13/h10,12-14H,1-9,11H2. The van der Waals surface area contributed by atoms with Crippen molar-refractivity contribution in [1.29, 1.82) is 0 Å². The zero-order chi connectivity index (χ0) is 15.8. The molecule has 1 aromatic rings. The molecule has 0 radical (unpaired) electrons. The molecule has 1 aromatic heterocycles. The van der Waals surface area contributed by atoms with Crippen LogP contribution >= 0.6 is 0 Å². The van der Waals surface area contributed by atoms with Gasteiger partial charge in [-0.15, -0.1) is 0 Å². The summed E-state index contributed by atoms with van der Waals surface area (Å²) in [7, 11) is 0. The van der Waals surface area contributed by atoms with Crippen molar-refractivity contribution >= 4 is 17.5 Å². The zero-order valence-electron chi connectivity index (χ0n) is 13.5. The average molecular weight is 316 g/mol. The Morgan fingerprint density at radius 2 is 1.96 bits per heavy atom. The minimum atomic E-state index is 0.189. The number of amides is 2. The molecule has 0 spiro atoms. The highest BCUT2D eigenvalue weighted by atomic mass is 16.2. The van der Waals surface area contributed by atoms with Crippen LogP contribution in [0.2, 0.25) is 0 Å². The molecule has 1 unspecified atom stereocenters. The van der Waals surface area contributed by atoms with Crippen LogP contribution in [0.1, 0.15) is 51.0 Å². The van der Waals surface area contributed by atoms with Crippen molar-refractivity contribution in [3.63, 3.8) is 0 Å². The van der Waals surface area contributed by atoms with Crippen molar-refractivity contribution in [2.24, 2.45) is 5.92 Å². The Labute approximate surface area is 136 Å². The molecule has 0 bridgehead atoms. The third-order valence-corrected chi connectivity index (χ3v) is 5.53. The summed E-state index contributed by atoms with van der Waals surface area (Å²) in [5.41, 5.74) is 0.896. The fourth-order valence-corrected chi connectivity index (χ4v) is 4.18. The number of hydrogen-bond donors (Lipinski definition) is 0. The van der Waals surface area contributed by atoms with Crippen LogP contribution in [0, 0.1) is 5.92 Å². The van der Waals surface area contributed by atoms with Gasteiger partial charge in [0, 0.05) is 38.2 Å². The van der Waals surface area contributed by atoms with Crippen LogP contribution in [-0.2, 0) is 9.59 Å². The summed E-state index contributed by atoms with van der Waals surface area (Å²) in [4.78, 5) is 28.2. The third-order valence-electron chi connectivity index (χ3n) is 5.53. The Balaban J connectivity index is 1.40. The molecule has 4 rings (SSSR count). The van der Waals surface area contributed by atoms with Gasteiger partial charge in [-0.1, -0.05) is 12.8 Å². The molecule has 6 nitrogen and oxygen atoms in total. The smallest absolute Gasteiger partial charge is 0.227 e. The van der Waals surface area contributed by atoms with Crippen molar-refractivity contribution in [2.75, 3.05) is 24.5 Å². The summed E-state index contributed by atoms with van der Waals surface area (Å²) < 4.78 is 1.95. The van der Waals surface area contributed by atoms with Crippen molar-refractivity contribution in [3.05, 3.63) is 12.4 Å². The summed E-state index contributed by atoms with van der Waals surface area (Å²) >= 11 is 0. The van der Waals surface area contributed by atoms with Crippen LogP contribution in [0.25, 0.3) is 0 Å². The molecule has 0 N–H and O–H groups in total. The van der Waals surface area contributed by atoms with Gasteiger partial charge >= 0.3 is 0 Å². The molecule has 1 saturated carbocycles. The lowest BCUT2D eigenvalue weighted by Gasteiger charge is -2.20. The van der Waals surface area contributed by atoms with Gasteiger partial charge in [0.25, 0.3) is 0 Å². The molecular formula is C17H24N4O2. The highest BCUT2D eigenvalue weighted by Crippen LogP contribution is 2.30. The maximum Gasteiger partial charge on any atom is 0.227 e. The van der Waals surface area contributed by atoms with Crippen LogP contribution in [0.3, 0.4) is 0 Å². The van der Waals surface area contributed by atoms with Gasteiger partial charge in [0.05, 0.1) is 17.9 Å². The van der Waals surface area contributed by atoms with Crippen LogP contribution in [0.15, 0.2) is 12.4 Å². The van der Waals surface area contributed by atoms with E-state index in [2.05, 4.69) is 5.10 Å². The number of hydrogen-bond acceptors (Lipinski definition) is 3. The maximum atomic E-state index is 12.5. The minimum absolute atomic E-state index is 0.189. The van der Waals surface area contributed by atoms with E-state index in [9.17, 15) is 9.59 Å². The first-order valence-corrected chi connectivity index (χ1v) is 8.85. The number of likely N-dealkylation sites (tertiary alicyclic amines) is 1. The van der Waals surface area contributed by atoms with Crippen LogP contribution in [0.4, 0.5) is 5.69 Å². The second kappa shape index (κ2) is 5.98. The maximum absolute atomic E-state index is 12.5. The molecule has 3 heterocycles. The molecule has 124 valence electrons. The lowest BCUT2D eigenvalue weighted by atomic mass is 10.1. The van der Waals surface area contributed by atoms with Gasteiger partial charge in [0.2, 0.25) is 11.8 Å². The van der Waals surface area contributed by atoms with E-state index < -0.39 is 0 Å². The largest absolute Gasteiger partial charge is 0.340 e. The molecular weight excluding hydrogens is 292 g/mol. The summed E-state index contributed by atoms with van der Waals surface area (Å²) in [6.07, 6.45) is 10.8. The quantitative estimate of drug-likeness (QED) is 0.856. The topological polar surface area (TPSA) is 58.4 Å². The molecule has 2 saturated heterocycles. The number of rotatable bonds is 3. The van der Waals surface area contributed by atoms with Gasteiger partial charge in [-0.2, -0.15) is 5.10 Å². The predicted octanol–water partition coefficient (Wildman–Crippen LogP) is 1.97. The molecule has 2 aliphatic heterocycles. The van der Waals surface area contributed by atoms with Crippen molar-refractivity contribution < 1.29 is 9.59 Å². The SMILES string of the molecule is O=C(C1CCCC1)N1CCC(n2cc(N3CCCC3=O)cn2)C1. The van der Waals surface area contributed by atoms with E-state index in [1.54, 1.807) is 6.20 Å². The fraction of sp³-hybridized carbons (Fsp3) is 0.706.